The van der Waals surface area contributed by atoms with E-state index in [0.29, 0.717) is 18.7 Å². The molecule has 27 heavy (non-hydrogen) atoms. The zero-order chi connectivity index (χ0) is 19.4. The van der Waals surface area contributed by atoms with Crippen LogP contribution in [0.15, 0.2) is 42.7 Å². The number of hydrogen-bond donors (Lipinski definition) is 1. The first-order valence-corrected chi connectivity index (χ1v) is 9.52. The predicted molar refractivity (Wildman–Crippen MR) is 105 cm³/mol. The van der Waals surface area contributed by atoms with Crippen LogP contribution in [0, 0.1) is 19.8 Å². The lowest BCUT2D eigenvalue weighted by Crippen LogP contribution is -2.45. The van der Waals surface area contributed by atoms with Crippen molar-refractivity contribution in [3.63, 3.8) is 0 Å². The molecular formula is C22H27N3O2. The minimum atomic E-state index is -0.169. The van der Waals surface area contributed by atoms with Gasteiger partial charge < -0.3 is 10.2 Å². The number of rotatable bonds is 4. The Morgan fingerprint density at radius 3 is 2.48 bits per heavy atom. The fourth-order valence-electron chi connectivity index (χ4n) is 3.72. The second-order valence-electron chi connectivity index (χ2n) is 7.48. The molecule has 2 aromatic rings. The van der Waals surface area contributed by atoms with Gasteiger partial charge in [-0.25, -0.2) is 0 Å². The highest BCUT2D eigenvalue weighted by Crippen LogP contribution is 2.21. The number of carbonyl (C=O) groups is 2. The lowest BCUT2D eigenvalue weighted by molar-refractivity contribution is -0.127. The molecule has 1 aromatic heterocycles. The third-order valence-electron chi connectivity index (χ3n) is 5.11. The topological polar surface area (TPSA) is 62.3 Å². The Hall–Kier alpha value is -2.69. The van der Waals surface area contributed by atoms with Gasteiger partial charge in [0.05, 0.1) is 12.0 Å². The van der Waals surface area contributed by atoms with E-state index in [1.54, 1.807) is 12.4 Å². The number of aryl methyl sites for hydroxylation is 2. The van der Waals surface area contributed by atoms with Crippen molar-refractivity contribution in [2.45, 2.75) is 39.7 Å². The number of hydrogen-bond acceptors (Lipinski definition) is 3. The van der Waals surface area contributed by atoms with E-state index < -0.39 is 0 Å². The average Bonchev–Trinajstić information content (AvgIpc) is 2.67. The lowest BCUT2D eigenvalue weighted by Gasteiger charge is -2.33. The molecule has 5 nitrogen and oxygen atoms in total. The molecule has 142 valence electrons. The van der Waals surface area contributed by atoms with Gasteiger partial charge in [0.25, 0.3) is 5.91 Å². The van der Waals surface area contributed by atoms with Crippen molar-refractivity contribution >= 4 is 11.8 Å². The summed E-state index contributed by atoms with van der Waals surface area (Å²) >= 11 is 0. The van der Waals surface area contributed by atoms with Crippen molar-refractivity contribution in [3.05, 3.63) is 65.0 Å². The van der Waals surface area contributed by atoms with Gasteiger partial charge in [0, 0.05) is 31.0 Å². The maximum Gasteiger partial charge on any atom is 0.253 e. The monoisotopic (exact) mass is 365 g/mol. The molecule has 0 spiro atoms. The van der Waals surface area contributed by atoms with Crippen molar-refractivity contribution in [1.29, 1.82) is 0 Å². The van der Waals surface area contributed by atoms with Crippen LogP contribution in [0.3, 0.4) is 0 Å². The summed E-state index contributed by atoms with van der Waals surface area (Å²) in [5.74, 6) is -0.142. The Morgan fingerprint density at radius 1 is 1.15 bits per heavy atom. The van der Waals surface area contributed by atoms with Crippen molar-refractivity contribution < 1.29 is 9.59 Å². The fourth-order valence-corrected chi connectivity index (χ4v) is 3.72. The summed E-state index contributed by atoms with van der Waals surface area (Å²) < 4.78 is 0. The van der Waals surface area contributed by atoms with Crippen molar-refractivity contribution in [2.24, 2.45) is 5.92 Å². The normalized spacial score (nSPS) is 18.0. The number of nitrogens with one attached hydrogen (secondary N) is 1. The van der Waals surface area contributed by atoms with Gasteiger partial charge in [0.2, 0.25) is 5.91 Å². The molecule has 0 radical (unpaired) electrons. The molecule has 1 fully saturated rings. The van der Waals surface area contributed by atoms with E-state index in [1.807, 2.05) is 49.9 Å². The van der Waals surface area contributed by atoms with Gasteiger partial charge in [-0.1, -0.05) is 17.2 Å². The second kappa shape index (κ2) is 8.33. The highest BCUT2D eigenvalue weighted by Gasteiger charge is 2.29. The lowest BCUT2D eigenvalue weighted by atomic mass is 9.95. The first-order chi connectivity index (χ1) is 12.9. The van der Waals surface area contributed by atoms with E-state index in [2.05, 4.69) is 16.4 Å². The van der Waals surface area contributed by atoms with E-state index in [4.69, 9.17) is 0 Å². The summed E-state index contributed by atoms with van der Waals surface area (Å²) in [6, 6.07) is 9.63. The first kappa shape index (κ1) is 19.1. The van der Waals surface area contributed by atoms with E-state index in [9.17, 15) is 9.59 Å². The maximum absolute atomic E-state index is 12.9. The largest absolute Gasteiger partial charge is 0.349 e. The number of benzene rings is 1. The summed E-state index contributed by atoms with van der Waals surface area (Å²) in [5, 5.41) is 3.08. The maximum atomic E-state index is 12.9. The fraction of sp³-hybridized carbons (Fsp3) is 0.409. The van der Waals surface area contributed by atoms with E-state index in [-0.39, 0.29) is 23.8 Å². The Morgan fingerprint density at radius 2 is 1.81 bits per heavy atom. The zero-order valence-corrected chi connectivity index (χ0v) is 16.2. The Labute approximate surface area is 160 Å². The van der Waals surface area contributed by atoms with Crippen LogP contribution < -0.4 is 5.32 Å². The third kappa shape index (κ3) is 4.73. The third-order valence-corrected chi connectivity index (χ3v) is 5.11. The van der Waals surface area contributed by atoms with Crippen LogP contribution in [0.25, 0.3) is 0 Å². The summed E-state index contributed by atoms with van der Waals surface area (Å²) in [7, 11) is 0. The number of piperidine rings is 1. The van der Waals surface area contributed by atoms with Gasteiger partial charge in [-0.3, -0.25) is 14.6 Å². The molecule has 2 atom stereocenters. The summed E-state index contributed by atoms with van der Waals surface area (Å²) in [6.07, 6.45) is 5.11. The molecule has 0 unspecified atom stereocenters. The van der Waals surface area contributed by atoms with Crippen LogP contribution in [0.1, 0.15) is 52.9 Å². The number of aromatic nitrogens is 1. The van der Waals surface area contributed by atoms with E-state index >= 15 is 0 Å². The van der Waals surface area contributed by atoms with Crippen LogP contribution in [-0.4, -0.2) is 34.8 Å². The van der Waals surface area contributed by atoms with Crippen LogP contribution in [-0.2, 0) is 4.79 Å². The number of carbonyl (C=O) groups excluding carboxylic acids is 2. The molecule has 1 N–H and O–H groups in total. The molecule has 0 saturated carbocycles. The molecule has 1 saturated heterocycles. The predicted octanol–water partition coefficient (Wildman–Crippen LogP) is 3.43. The van der Waals surface area contributed by atoms with Crippen LogP contribution in [0.5, 0.6) is 0 Å². The minimum absolute atomic E-state index is 0.0113. The molecule has 0 bridgehead atoms. The number of nitrogens with zero attached hydrogens (tertiary/aromatic N) is 2. The van der Waals surface area contributed by atoms with Crippen LogP contribution in [0.2, 0.25) is 0 Å². The molecule has 2 heterocycles. The number of amides is 2. The van der Waals surface area contributed by atoms with Gasteiger partial charge in [-0.2, -0.15) is 0 Å². The minimum Gasteiger partial charge on any atom is -0.349 e. The number of pyridine rings is 1. The van der Waals surface area contributed by atoms with Gasteiger partial charge >= 0.3 is 0 Å². The Kier molecular flexibility index (Phi) is 5.89. The highest BCUT2D eigenvalue weighted by atomic mass is 16.2. The average molecular weight is 365 g/mol. The van der Waals surface area contributed by atoms with E-state index in [0.717, 1.165) is 29.5 Å². The van der Waals surface area contributed by atoms with Crippen molar-refractivity contribution in [2.75, 3.05) is 13.1 Å². The molecule has 1 aromatic carbocycles. The summed E-state index contributed by atoms with van der Waals surface area (Å²) in [5.41, 5.74) is 3.89. The molecular weight excluding hydrogens is 338 g/mol. The molecule has 1 aliphatic heterocycles. The van der Waals surface area contributed by atoms with Crippen LogP contribution in [0.4, 0.5) is 0 Å². The zero-order valence-electron chi connectivity index (χ0n) is 16.2. The highest BCUT2D eigenvalue weighted by molar-refractivity contribution is 5.95. The quantitative estimate of drug-likeness (QED) is 0.903. The SMILES string of the molecule is Cc1cc(C)cc(C(=O)N2CCC[C@@H](C(=O)N[C@H](C)c3ccncc3)C2)c1. The summed E-state index contributed by atoms with van der Waals surface area (Å²) in [6.45, 7) is 7.14. The smallest absolute Gasteiger partial charge is 0.253 e. The first-order valence-electron chi connectivity index (χ1n) is 9.52. The Bertz CT molecular complexity index is 799. The van der Waals surface area contributed by atoms with E-state index in [1.165, 1.54) is 0 Å². The van der Waals surface area contributed by atoms with Gasteiger partial charge in [0.1, 0.15) is 0 Å². The van der Waals surface area contributed by atoms with Crippen molar-refractivity contribution in [3.8, 4) is 0 Å². The van der Waals surface area contributed by atoms with Crippen molar-refractivity contribution in [1.82, 2.24) is 15.2 Å². The Balaban J connectivity index is 1.64. The molecule has 2 amide bonds. The second-order valence-corrected chi connectivity index (χ2v) is 7.48. The van der Waals surface area contributed by atoms with Gasteiger partial charge in [-0.15, -0.1) is 0 Å². The molecule has 1 aliphatic rings. The van der Waals surface area contributed by atoms with Gasteiger partial charge in [0.15, 0.2) is 0 Å². The molecule has 5 heteroatoms. The van der Waals surface area contributed by atoms with Gasteiger partial charge in [-0.05, 0) is 63.4 Å². The molecule has 0 aliphatic carbocycles. The summed E-state index contributed by atoms with van der Waals surface area (Å²) in [4.78, 5) is 31.5. The van der Waals surface area contributed by atoms with Crippen LogP contribution >= 0.6 is 0 Å². The standard InChI is InChI=1S/C22H27N3O2/c1-15-11-16(2)13-20(12-15)22(27)25-10-4-5-19(14-25)21(26)24-17(3)18-6-8-23-9-7-18/h6-9,11-13,17,19H,4-5,10,14H2,1-3H3,(H,24,26)/t17-,19-/m1/s1. The number of likely N-dealkylation sites (tertiary alicyclic amines) is 1. The molecule has 3 rings (SSSR count).